The summed E-state index contributed by atoms with van der Waals surface area (Å²) in [4.78, 5) is 0. The monoisotopic (exact) mass is 277 g/mol. The Bertz CT molecular complexity index is 629. The van der Waals surface area contributed by atoms with E-state index < -0.39 is 5.82 Å². The predicted molar refractivity (Wildman–Crippen MR) is 75.9 cm³/mol. The van der Waals surface area contributed by atoms with Crippen LogP contribution in [0.5, 0.6) is 17.2 Å². The van der Waals surface area contributed by atoms with Crippen LogP contribution >= 0.6 is 0 Å². The van der Waals surface area contributed by atoms with E-state index in [1.54, 1.807) is 24.3 Å². The summed E-state index contributed by atoms with van der Waals surface area (Å²) in [6, 6.07) is 8.11. The fraction of sp³-hybridized carbons (Fsp3) is 0.200. The van der Waals surface area contributed by atoms with Crippen molar-refractivity contribution in [2.24, 2.45) is 0 Å². The molecule has 0 bridgehead atoms. The van der Waals surface area contributed by atoms with Crippen molar-refractivity contribution in [3.63, 3.8) is 0 Å². The number of methoxy groups -OCH3 is 3. The van der Waals surface area contributed by atoms with Gasteiger partial charge >= 0.3 is 0 Å². The normalized spacial score (nSPS) is 10.2. The molecule has 2 rings (SSSR count). The molecule has 0 aliphatic rings. The average Bonchev–Trinajstić information content (AvgIpc) is 2.48. The van der Waals surface area contributed by atoms with Gasteiger partial charge in [-0.1, -0.05) is 12.1 Å². The summed E-state index contributed by atoms with van der Waals surface area (Å²) < 4.78 is 29.5. The molecule has 5 heteroatoms. The molecule has 106 valence electrons. The van der Waals surface area contributed by atoms with E-state index in [-0.39, 0.29) is 5.69 Å². The fourth-order valence-corrected chi connectivity index (χ4v) is 2.09. The second-order valence-electron chi connectivity index (χ2n) is 4.08. The number of hydrogen-bond acceptors (Lipinski definition) is 4. The Labute approximate surface area is 116 Å². The molecule has 0 aromatic heterocycles. The van der Waals surface area contributed by atoms with Crippen molar-refractivity contribution in [3.05, 3.63) is 36.1 Å². The predicted octanol–water partition coefficient (Wildman–Crippen LogP) is 3.10. The van der Waals surface area contributed by atoms with Crippen molar-refractivity contribution < 1.29 is 18.6 Å². The molecule has 0 aliphatic carbocycles. The first-order chi connectivity index (χ1) is 9.63. The van der Waals surface area contributed by atoms with E-state index in [9.17, 15) is 4.39 Å². The summed E-state index contributed by atoms with van der Waals surface area (Å²) in [6.45, 7) is 0. The minimum Gasteiger partial charge on any atom is -0.493 e. The van der Waals surface area contributed by atoms with E-state index in [0.717, 1.165) is 0 Å². The largest absolute Gasteiger partial charge is 0.493 e. The summed E-state index contributed by atoms with van der Waals surface area (Å²) in [5, 5.41) is 0. The molecule has 2 aromatic rings. The number of para-hydroxylation sites is 1. The van der Waals surface area contributed by atoms with Gasteiger partial charge in [-0.3, -0.25) is 0 Å². The van der Waals surface area contributed by atoms with Crippen molar-refractivity contribution in [3.8, 4) is 28.4 Å². The zero-order valence-electron chi connectivity index (χ0n) is 11.6. The SMILES string of the molecule is COc1ccc(-c2cccc(F)c2N)c(OC)c1OC. The molecule has 2 N–H and O–H groups in total. The van der Waals surface area contributed by atoms with Crippen molar-refractivity contribution >= 4 is 5.69 Å². The van der Waals surface area contributed by atoms with Gasteiger partial charge in [0.2, 0.25) is 5.75 Å². The minimum atomic E-state index is -0.473. The van der Waals surface area contributed by atoms with Gasteiger partial charge in [-0.05, 0) is 18.2 Å². The molecule has 0 aliphatic heterocycles. The van der Waals surface area contributed by atoms with Crippen LogP contribution in [0.25, 0.3) is 11.1 Å². The second-order valence-corrected chi connectivity index (χ2v) is 4.08. The van der Waals surface area contributed by atoms with Crippen LogP contribution in [0.15, 0.2) is 30.3 Å². The van der Waals surface area contributed by atoms with Crippen LogP contribution in [0.1, 0.15) is 0 Å². The third-order valence-corrected chi connectivity index (χ3v) is 3.05. The average molecular weight is 277 g/mol. The lowest BCUT2D eigenvalue weighted by atomic mass is 10.0. The highest BCUT2D eigenvalue weighted by molar-refractivity contribution is 5.83. The molecule has 0 unspecified atom stereocenters. The van der Waals surface area contributed by atoms with Gasteiger partial charge in [0.25, 0.3) is 0 Å². The highest BCUT2D eigenvalue weighted by Gasteiger charge is 2.19. The van der Waals surface area contributed by atoms with Crippen LogP contribution in [-0.4, -0.2) is 21.3 Å². The van der Waals surface area contributed by atoms with Crippen molar-refractivity contribution in [1.82, 2.24) is 0 Å². The first kappa shape index (κ1) is 14.0. The summed E-state index contributed by atoms with van der Waals surface area (Å²) in [5.74, 6) is 0.947. The number of nitrogen functional groups attached to an aromatic ring is 1. The van der Waals surface area contributed by atoms with Crippen LogP contribution in [0, 0.1) is 5.82 Å². The Morgan fingerprint density at radius 1 is 0.850 bits per heavy atom. The molecule has 2 aromatic carbocycles. The van der Waals surface area contributed by atoms with Gasteiger partial charge in [-0.2, -0.15) is 0 Å². The van der Waals surface area contributed by atoms with E-state index in [4.69, 9.17) is 19.9 Å². The van der Waals surface area contributed by atoms with E-state index in [2.05, 4.69) is 0 Å². The zero-order valence-corrected chi connectivity index (χ0v) is 11.6. The molecule has 0 amide bonds. The van der Waals surface area contributed by atoms with Crippen LogP contribution in [0.4, 0.5) is 10.1 Å². The lowest BCUT2D eigenvalue weighted by Crippen LogP contribution is -1.99. The molecule has 0 spiro atoms. The molecule has 0 heterocycles. The number of anilines is 1. The minimum absolute atomic E-state index is 0.0676. The van der Waals surface area contributed by atoms with Crippen LogP contribution in [0.2, 0.25) is 0 Å². The van der Waals surface area contributed by atoms with Crippen molar-refractivity contribution in [1.29, 1.82) is 0 Å². The molecule has 0 saturated carbocycles. The first-order valence-corrected chi connectivity index (χ1v) is 5.97. The number of ether oxygens (including phenoxy) is 3. The highest BCUT2D eigenvalue weighted by atomic mass is 19.1. The summed E-state index contributed by atoms with van der Waals surface area (Å²) in [7, 11) is 4.56. The van der Waals surface area contributed by atoms with Gasteiger partial charge in [0.05, 0.1) is 27.0 Å². The molecule has 0 fully saturated rings. The summed E-state index contributed by atoms with van der Waals surface area (Å²) in [6.07, 6.45) is 0. The maximum atomic E-state index is 13.6. The van der Waals surface area contributed by atoms with E-state index >= 15 is 0 Å². The molecule has 0 saturated heterocycles. The van der Waals surface area contributed by atoms with Crippen LogP contribution in [-0.2, 0) is 0 Å². The number of rotatable bonds is 4. The second kappa shape index (κ2) is 5.69. The molecular weight excluding hydrogens is 261 g/mol. The molecule has 0 atom stereocenters. The Hall–Kier alpha value is -2.43. The molecular formula is C15H16FNO3. The van der Waals surface area contributed by atoms with E-state index in [0.29, 0.717) is 28.4 Å². The van der Waals surface area contributed by atoms with Gasteiger partial charge in [0, 0.05) is 11.1 Å². The number of hydrogen-bond donors (Lipinski definition) is 1. The van der Waals surface area contributed by atoms with E-state index in [1.807, 2.05) is 0 Å². The maximum Gasteiger partial charge on any atom is 0.203 e. The highest BCUT2D eigenvalue weighted by Crippen LogP contribution is 2.45. The van der Waals surface area contributed by atoms with Gasteiger partial charge < -0.3 is 19.9 Å². The topological polar surface area (TPSA) is 53.7 Å². The lowest BCUT2D eigenvalue weighted by Gasteiger charge is -2.16. The smallest absolute Gasteiger partial charge is 0.203 e. The molecule has 20 heavy (non-hydrogen) atoms. The van der Waals surface area contributed by atoms with Gasteiger partial charge in [0.1, 0.15) is 5.82 Å². The Kier molecular flexibility index (Phi) is 3.98. The number of nitrogens with two attached hydrogens (primary N) is 1. The summed E-state index contributed by atoms with van der Waals surface area (Å²) >= 11 is 0. The standard InChI is InChI=1S/C15H16FNO3/c1-18-12-8-7-10(14(19-2)15(12)20-3)9-5-4-6-11(16)13(9)17/h4-8H,17H2,1-3H3. The Morgan fingerprint density at radius 3 is 2.15 bits per heavy atom. The van der Waals surface area contributed by atoms with Gasteiger partial charge in [-0.25, -0.2) is 4.39 Å². The molecule has 0 radical (unpaired) electrons. The number of benzene rings is 2. The van der Waals surface area contributed by atoms with Crippen molar-refractivity contribution in [2.45, 2.75) is 0 Å². The van der Waals surface area contributed by atoms with Gasteiger partial charge in [0.15, 0.2) is 11.5 Å². The van der Waals surface area contributed by atoms with Crippen LogP contribution < -0.4 is 19.9 Å². The lowest BCUT2D eigenvalue weighted by molar-refractivity contribution is 0.325. The quantitative estimate of drug-likeness (QED) is 0.872. The third-order valence-electron chi connectivity index (χ3n) is 3.05. The van der Waals surface area contributed by atoms with E-state index in [1.165, 1.54) is 27.4 Å². The van der Waals surface area contributed by atoms with Gasteiger partial charge in [-0.15, -0.1) is 0 Å². The third kappa shape index (κ3) is 2.22. The first-order valence-electron chi connectivity index (χ1n) is 5.97. The Morgan fingerprint density at radius 2 is 1.55 bits per heavy atom. The zero-order chi connectivity index (χ0) is 14.7. The fourth-order valence-electron chi connectivity index (χ4n) is 2.09. The van der Waals surface area contributed by atoms with Crippen molar-refractivity contribution in [2.75, 3.05) is 27.1 Å². The number of halogens is 1. The Balaban J connectivity index is 2.71. The van der Waals surface area contributed by atoms with Crippen LogP contribution in [0.3, 0.4) is 0 Å². The molecule has 4 nitrogen and oxygen atoms in total. The maximum absolute atomic E-state index is 13.6. The summed E-state index contributed by atoms with van der Waals surface area (Å²) in [5.41, 5.74) is 7.05.